The molecule has 0 aliphatic heterocycles. The van der Waals surface area contributed by atoms with Crippen LogP contribution in [-0.2, 0) is 6.42 Å². The lowest BCUT2D eigenvalue weighted by Crippen LogP contribution is -1.99. The van der Waals surface area contributed by atoms with Crippen LogP contribution < -0.4 is 5.73 Å². The second-order valence-electron chi connectivity index (χ2n) is 5.13. The second kappa shape index (κ2) is 6.41. The molecule has 0 saturated heterocycles. The molecular formula is C17H18BrN3. The minimum absolute atomic E-state index is 0.741. The highest BCUT2D eigenvalue weighted by atomic mass is 79.9. The van der Waals surface area contributed by atoms with Crippen LogP contribution in [0.2, 0.25) is 0 Å². The number of nitrogens with two attached hydrogens (primary N) is 1. The molecule has 3 rings (SSSR count). The summed E-state index contributed by atoms with van der Waals surface area (Å²) in [5, 5.41) is 1.27. The minimum atomic E-state index is 0.741. The number of benzene rings is 1. The Morgan fingerprint density at radius 2 is 2.05 bits per heavy atom. The van der Waals surface area contributed by atoms with Gasteiger partial charge in [-0.2, -0.15) is 0 Å². The highest BCUT2D eigenvalue weighted by Gasteiger charge is 2.13. The zero-order valence-electron chi connectivity index (χ0n) is 11.8. The molecule has 0 saturated carbocycles. The van der Waals surface area contributed by atoms with Gasteiger partial charge in [0, 0.05) is 21.6 Å². The van der Waals surface area contributed by atoms with Gasteiger partial charge in [0.2, 0.25) is 0 Å². The fraction of sp³-hybridized carbons (Fsp3) is 0.235. The molecule has 0 aliphatic rings. The van der Waals surface area contributed by atoms with Gasteiger partial charge in [0.25, 0.3) is 0 Å². The summed E-state index contributed by atoms with van der Waals surface area (Å²) in [5.41, 5.74) is 10.2. The van der Waals surface area contributed by atoms with E-state index in [9.17, 15) is 0 Å². The number of halogens is 1. The number of pyridine rings is 1. The van der Waals surface area contributed by atoms with Crippen molar-refractivity contribution in [1.29, 1.82) is 0 Å². The van der Waals surface area contributed by atoms with Crippen molar-refractivity contribution in [3.8, 4) is 11.4 Å². The van der Waals surface area contributed by atoms with Crippen LogP contribution in [0.3, 0.4) is 0 Å². The van der Waals surface area contributed by atoms with Gasteiger partial charge in [0.15, 0.2) is 0 Å². The standard InChI is InChI=1S/C17H18BrN3/c18-12-7-8-15-14(11-12)13(5-1-3-9-19)17(21-15)16-6-2-4-10-20-16/h2,4,6-8,10-11,21H,1,3,5,9,19H2. The topological polar surface area (TPSA) is 54.7 Å². The molecule has 3 nitrogen and oxygen atoms in total. The molecule has 0 aliphatic carbocycles. The number of aryl methyl sites for hydroxylation is 1. The molecule has 4 heteroatoms. The van der Waals surface area contributed by atoms with E-state index in [4.69, 9.17) is 5.73 Å². The number of hydrogen-bond donors (Lipinski definition) is 2. The van der Waals surface area contributed by atoms with Crippen molar-refractivity contribution < 1.29 is 0 Å². The van der Waals surface area contributed by atoms with Crippen LogP contribution in [0.4, 0.5) is 0 Å². The normalized spacial score (nSPS) is 11.1. The second-order valence-corrected chi connectivity index (χ2v) is 6.04. The lowest BCUT2D eigenvalue weighted by atomic mass is 10.0. The molecular weight excluding hydrogens is 326 g/mol. The molecule has 3 N–H and O–H groups in total. The summed E-state index contributed by atoms with van der Waals surface area (Å²) in [4.78, 5) is 8.01. The number of nitrogens with zero attached hydrogens (tertiary/aromatic N) is 1. The smallest absolute Gasteiger partial charge is 0.0867 e. The van der Waals surface area contributed by atoms with E-state index < -0.39 is 0 Å². The van der Waals surface area contributed by atoms with Gasteiger partial charge in [-0.3, -0.25) is 4.98 Å². The molecule has 0 spiro atoms. The fourth-order valence-electron chi connectivity index (χ4n) is 2.65. The number of rotatable bonds is 5. The molecule has 21 heavy (non-hydrogen) atoms. The molecule has 0 radical (unpaired) electrons. The number of nitrogens with one attached hydrogen (secondary N) is 1. The highest BCUT2D eigenvalue weighted by molar-refractivity contribution is 9.10. The zero-order chi connectivity index (χ0) is 14.7. The third kappa shape index (κ3) is 3.01. The Kier molecular flexibility index (Phi) is 4.36. The van der Waals surface area contributed by atoms with Gasteiger partial charge in [0.05, 0.1) is 11.4 Å². The maximum absolute atomic E-state index is 5.63. The Labute approximate surface area is 132 Å². The lowest BCUT2D eigenvalue weighted by molar-refractivity contribution is 0.748. The maximum atomic E-state index is 5.63. The van der Waals surface area contributed by atoms with Gasteiger partial charge in [-0.1, -0.05) is 22.0 Å². The average molecular weight is 344 g/mol. The maximum Gasteiger partial charge on any atom is 0.0867 e. The SMILES string of the molecule is NCCCCc1c(-c2ccccn2)[nH]c2ccc(Br)cc12. The molecule has 0 atom stereocenters. The van der Waals surface area contributed by atoms with Crippen LogP contribution in [0.5, 0.6) is 0 Å². The summed E-state index contributed by atoms with van der Waals surface area (Å²) in [5.74, 6) is 0. The molecule has 0 fully saturated rings. The Morgan fingerprint density at radius 3 is 2.81 bits per heavy atom. The molecule has 0 unspecified atom stereocenters. The number of aromatic nitrogens is 2. The van der Waals surface area contributed by atoms with E-state index in [2.05, 4.69) is 44.1 Å². The van der Waals surface area contributed by atoms with Gasteiger partial charge in [0.1, 0.15) is 0 Å². The van der Waals surface area contributed by atoms with Crippen molar-refractivity contribution in [2.45, 2.75) is 19.3 Å². The quantitative estimate of drug-likeness (QED) is 0.679. The predicted octanol–water partition coefficient (Wildman–Crippen LogP) is 4.27. The van der Waals surface area contributed by atoms with Gasteiger partial charge in [-0.25, -0.2) is 0 Å². The van der Waals surface area contributed by atoms with Gasteiger partial charge in [-0.05, 0) is 61.7 Å². The summed E-state index contributed by atoms with van der Waals surface area (Å²) < 4.78 is 1.10. The van der Waals surface area contributed by atoms with Crippen LogP contribution in [0, 0.1) is 0 Å². The van der Waals surface area contributed by atoms with Crippen LogP contribution in [0.1, 0.15) is 18.4 Å². The zero-order valence-corrected chi connectivity index (χ0v) is 13.4. The fourth-order valence-corrected chi connectivity index (χ4v) is 3.02. The molecule has 2 heterocycles. The summed E-state index contributed by atoms with van der Waals surface area (Å²) in [6.07, 6.45) is 4.98. The number of H-pyrrole nitrogens is 1. The van der Waals surface area contributed by atoms with Crippen LogP contribution in [0.25, 0.3) is 22.3 Å². The number of aromatic amines is 1. The van der Waals surface area contributed by atoms with Crippen molar-refractivity contribution in [3.05, 3.63) is 52.6 Å². The predicted molar refractivity (Wildman–Crippen MR) is 91.2 cm³/mol. The van der Waals surface area contributed by atoms with E-state index >= 15 is 0 Å². The summed E-state index contributed by atoms with van der Waals surface area (Å²) in [6.45, 7) is 0.741. The minimum Gasteiger partial charge on any atom is -0.353 e. The first-order chi connectivity index (χ1) is 10.3. The number of fused-ring (bicyclic) bond motifs is 1. The largest absolute Gasteiger partial charge is 0.353 e. The third-order valence-corrected chi connectivity index (χ3v) is 4.16. The van der Waals surface area contributed by atoms with E-state index in [0.717, 1.165) is 47.2 Å². The Bertz CT molecular complexity index is 734. The molecule has 0 amide bonds. The van der Waals surface area contributed by atoms with Crippen molar-refractivity contribution in [3.63, 3.8) is 0 Å². The molecule has 0 bridgehead atoms. The summed E-state index contributed by atoms with van der Waals surface area (Å²) in [6, 6.07) is 12.4. The summed E-state index contributed by atoms with van der Waals surface area (Å²) in [7, 11) is 0. The van der Waals surface area contributed by atoms with E-state index in [1.807, 2.05) is 24.4 Å². The third-order valence-electron chi connectivity index (χ3n) is 3.67. The van der Waals surface area contributed by atoms with E-state index in [0.29, 0.717) is 0 Å². The van der Waals surface area contributed by atoms with Crippen molar-refractivity contribution in [2.24, 2.45) is 5.73 Å². The van der Waals surface area contributed by atoms with E-state index in [-0.39, 0.29) is 0 Å². The molecule has 3 aromatic rings. The van der Waals surface area contributed by atoms with E-state index in [1.54, 1.807) is 0 Å². The number of hydrogen-bond acceptors (Lipinski definition) is 2. The Morgan fingerprint density at radius 1 is 1.14 bits per heavy atom. The van der Waals surface area contributed by atoms with Crippen LogP contribution in [-0.4, -0.2) is 16.5 Å². The molecule has 2 aromatic heterocycles. The van der Waals surface area contributed by atoms with Crippen molar-refractivity contribution in [1.82, 2.24) is 9.97 Å². The monoisotopic (exact) mass is 343 g/mol. The Hall–Kier alpha value is -1.65. The first-order valence-corrected chi connectivity index (χ1v) is 8.00. The van der Waals surface area contributed by atoms with Crippen molar-refractivity contribution >= 4 is 26.8 Å². The highest BCUT2D eigenvalue weighted by Crippen LogP contribution is 2.32. The van der Waals surface area contributed by atoms with Gasteiger partial charge < -0.3 is 10.7 Å². The molecule has 108 valence electrons. The van der Waals surface area contributed by atoms with Gasteiger partial charge >= 0.3 is 0 Å². The van der Waals surface area contributed by atoms with Crippen LogP contribution in [0.15, 0.2) is 47.1 Å². The first kappa shape index (κ1) is 14.3. The Balaban J connectivity index is 2.11. The van der Waals surface area contributed by atoms with E-state index in [1.165, 1.54) is 10.9 Å². The average Bonchev–Trinajstić information content (AvgIpc) is 2.87. The number of unbranched alkanes of at least 4 members (excludes halogenated alkanes) is 1. The summed E-state index contributed by atoms with van der Waals surface area (Å²) >= 11 is 3.56. The van der Waals surface area contributed by atoms with Crippen molar-refractivity contribution in [2.75, 3.05) is 6.54 Å². The lowest BCUT2D eigenvalue weighted by Gasteiger charge is -2.04. The van der Waals surface area contributed by atoms with Gasteiger partial charge in [-0.15, -0.1) is 0 Å². The van der Waals surface area contributed by atoms with Crippen LogP contribution >= 0.6 is 15.9 Å². The first-order valence-electron chi connectivity index (χ1n) is 7.21. The molecule has 1 aromatic carbocycles.